The molecule has 5 rings (SSSR count). The SMILES string of the molecule is C[C@H]1c2ccc(NC(=O)Nc3ccc(F)cc3)c(O)c2C(=O)C2C(=O)[C@]3(O)C(=O)C(C(N)=O)C(=O)C[C@@H]3[C@@H](O)[C@@H]21. The molecule has 2 unspecified atom stereocenters. The van der Waals surface area contributed by atoms with Gasteiger partial charge in [0.2, 0.25) is 5.91 Å². The average molecular weight is 553 g/mol. The van der Waals surface area contributed by atoms with Gasteiger partial charge in [-0.3, -0.25) is 24.0 Å². The predicted molar refractivity (Wildman–Crippen MR) is 134 cm³/mol. The molecule has 3 amide bonds. The largest absolute Gasteiger partial charge is 0.505 e. The first-order valence-corrected chi connectivity index (χ1v) is 12.3. The van der Waals surface area contributed by atoms with E-state index in [-0.39, 0.29) is 22.5 Å². The maximum atomic E-state index is 13.7. The van der Waals surface area contributed by atoms with Crippen LogP contribution >= 0.6 is 0 Å². The van der Waals surface area contributed by atoms with Crippen molar-refractivity contribution in [2.45, 2.75) is 31.0 Å². The van der Waals surface area contributed by atoms with Gasteiger partial charge in [-0.25, -0.2) is 9.18 Å². The monoisotopic (exact) mass is 553 g/mol. The minimum atomic E-state index is -3.03. The third kappa shape index (κ3) is 3.80. The fourth-order valence-corrected chi connectivity index (χ4v) is 6.27. The molecule has 2 aromatic rings. The smallest absolute Gasteiger partial charge is 0.323 e. The van der Waals surface area contributed by atoms with E-state index >= 15 is 0 Å². The van der Waals surface area contributed by atoms with Gasteiger partial charge in [-0.15, -0.1) is 0 Å². The van der Waals surface area contributed by atoms with Gasteiger partial charge in [-0.2, -0.15) is 0 Å². The number of rotatable bonds is 3. The normalized spacial score (nSPS) is 31.1. The highest BCUT2D eigenvalue weighted by Crippen LogP contribution is 2.54. The molecule has 12 nitrogen and oxygen atoms in total. The molecule has 0 heterocycles. The second kappa shape index (κ2) is 9.31. The first-order valence-electron chi connectivity index (χ1n) is 12.3. The van der Waals surface area contributed by atoms with Gasteiger partial charge in [0.15, 0.2) is 34.7 Å². The number of halogens is 1. The number of Topliss-reactive ketones (excluding diaryl/α,β-unsaturated/α-hetero) is 4. The number of nitrogens with two attached hydrogens (primary N) is 1. The van der Waals surface area contributed by atoms with Gasteiger partial charge >= 0.3 is 6.03 Å². The zero-order valence-corrected chi connectivity index (χ0v) is 20.9. The summed E-state index contributed by atoms with van der Waals surface area (Å²) >= 11 is 0. The van der Waals surface area contributed by atoms with Gasteiger partial charge in [0, 0.05) is 23.9 Å². The highest BCUT2D eigenvalue weighted by molar-refractivity contribution is 6.31. The van der Waals surface area contributed by atoms with Gasteiger partial charge in [0.25, 0.3) is 0 Å². The predicted octanol–water partition coefficient (Wildman–Crippen LogP) is 0.642. The van der Waals surface area contributed by atoms with Crippen LogP contribution in [0.25, 0.3) is 0 Å². The number of aromatic hydroxyl groups is 1. The van der Waals surface area contributed by atoms with Crippen molar-refractivity contribution in [2.24, 2.45) is 29.4 Å². The lowest BCUT2D eigenvalue weighted by atomic mass is 9.50. The van der Waals surface area contributed by atoms with Gasteiger partial charge in [-0.05, 0) is 41.8 Å². The average Bonchev–Trinajstić information content (AvgIpc) is 2.89. The Morgan fingerprint density at radius 3 is 2.30 bits per heavy atom. The number of aliphatic hydroxyl groups excluding tert-OH is 1. The lowest BCUT2D eigenvalue weighted by Gasteiger charge is -2.52. The van der Waals surface area contributed by atoms with E-state index in [0.717, 1.165) is 12.1 Å². The number of aliphatic hydroxyl groups is 2. The molecular weight excluding hydrogens is 529 g/mol. The molecule has 7 N–H and O–H groups in total. The fraction of sp³-hybridized carbons (Fsp3) is 0.333. The van der Waals surface area contributed by atoms with Crippen molar-refractivity contribution in [1.82, 2.24) is 0 Å². The number of benzene rings is 2. The number of ketones is 4. The van der Waals surface area contributed by atoms with E-state index < -0.39 is 94.4 Å². The van der Waals surface area contributed by atoms with E-state index in [2.05, 4.69) is 10.6 Å². The highest BCUT2D eigenvalue weighted by Gasteiger charge is 2.69. The Balaban J connectivity index is 1.51. The summed E-state index contributed by atoms with van der Waals surface area (Å²) < 4.78 is 13.1. The molecule has 0 saturated heterocycles. The van der Waals surface area contributed by atoms with E-state index in [0.29, 0.717) is 0 Å². The van der Waals surface area contributed by atoms with Crippen LogP contribution in [0.3, 0.4) is 0 Å². The number of carbonyl (C=O) groups is 6. The van der Waals surface area contributed by atoms with Crippen molar-refractivity contribution in [3.05, 3.63) is 53.3 Å². The Labute approximate surface area is 225 Å². The quantitative estimate of drug-likeness (QED) is 0.232. The molecule has 2 fully saturated rings. The number of carbonyl (C=O) groups excluding carboxylic acids is 6. The lowest BCUT2D eigenvalue weighted by Crippen LogP contribution is -2.72. The minimum Gasteiger partial charge on any atom is -0.505 e. The summed E-state index contributed by atoms with van der Waals surface area (Å²) in [5, 5.41) is 38.3. The van der Waals surface area contributed by atoms with Crippen molar-refractivity contribution in [1.29, 1.82) is 0 Å². The molecule has 0 spiro atoms. The number of fused-ring (bicyclic) bond motifs is 3. The van der Waals surface area contributed by atoms with E-state index in [4.69, 9.17) is 5.73 Å². The van der Waals surface area contributed by atoms with E-state index in [1.54, 1.807) is 6.92 Å². The third-order valence-electron chi connectivity index (χ3n) is 8.21. The molecule has 208 valence electrons. The fourth-order valence-electron chi connectivity index (χ4n) is 6.27. The first-order chi connectivity index (χ1) is 18.8. The molecule has 2 saturated carbocycles. The van der Waals surface area contributed by atoms with Crippen LogP contribution in [0, 0.1) is 29.5 Å². The number of amides is 3. The molecule has 13 heteroatoms. The Kier molecular flexibility index (Phi) is 6.31. The van der Waals surface area contributed by atoms with Crippen LogP contribution in [-0.4, -0.2) is 62.1 Å². The van der Waals surface area contributed by atoms with Crippen LogP contribution in [-0.2, 0) is 19.2 Å². The second-order valence-electron chi connectivity index (χ2n) is 10.3. The topological polar surface area (TPSA) is 213 Å². The first kappa shape index (κ1) is 27.1. The minimum absolute atomic E-state index is 0.217. The van der Waals surface area contributed by atoms with Crippen molar-refractivity contribution >= 4 is 46.4 Å². The van der Waals surface area contributed by atoms with Crippen LogP contribution < -0.4 is 16.4 Å². The number of hydrogen-bond donors (Lipinski definition) is 6. The molecule has 0 aromatic heterocycles. The van der Waals surface area contributed by atoms with Crippen LogP contribution in [0.5, 0.6) is 5.75 Å². The van der Waals surface area contributed by atoms with Gasteiger partial charge < -0.3 is 31.7 Å². The summed E-state index contributed by atoms with van der Waals surface area (Å²) in [4.78, 5) is 77.2. The summed E-state index contributed by atoms with van der Waals surface area (Å²) in [7, 11) is 0. The molecule has 0 bridgehead atoms. The Bertz CT molecular complexity index is 1510. The van der Waals surface area contributed by atoms with Crippen molar-refractivity contribution in [3.8, 4) is 5.75 Å². The standard InChI is InChI=1S/C27H24FN3O9/c1-9-12-6-7-14(31-26(39)30-11-4-2-10(28)3-5-11)21(34)17(12)22(35)19-16(9)20(33)13-8-15(32)18(25(29)38)23(36)27(13,40)24(19)37/h2-7,9,13,16,18-20,33-34,40H,8H2,1H3,(H2,29,38)(H2,30,31,39)/t9-,13+,16+,18?,19?,20+,27+/m0/s1. The Morgan fingerprint density at radius 2 is 1.68 bits per heavy atom. The van der Waals surface area contributed by atoms with Crippen LogP contribution in [0.2, 0.25) is 0 Å². The molecule has 2 aromatic carbocycles. The number of urea groups is 1. The molecular formula is C27H24FN3O9. The summed E-state index contributed by atoms with van der Waals surface area (Å²) in [5.74, 6) is -14.8. The zero-order chi connectivity index (χ0) is 29.3. The van der Waals surface area contributed by atoms with Crippen LogP contribution in [0.15, 0.2) is 36.4 Å². The van der Waals surface area contributed by atoms with Gasteiger partial charge in [0.05, 0.1) is 23.3 Å². The summed E-state index contributed by atoms with van der Waals surface area (Å²) in [6, 6.07) is 6.72. The number of hydrogen-bond acceptors (Lipinski definition) is 9. The Hall–Kier alpha value is -4.49. The molecule has 3 aliphatic carbocycles. The molecule has 40 heavy (non-hydrogen) atoms. The van der Waals surface area contributed by atoms with Crippen molar-refractivity contribution < 1.29 is 48.5 Å². The summed E-state index contributed by atoms with van der Waals surface area (Å²) in [6.07, 6.45) is -2.36. The van der Waals surface area contributed by atoms with E-state index in [1.807, 2.05) is 0 Å². The van der Waals surface area contributed by atoms with Crippen LogP contribution in [0.4, 0.5) is 20.6 Å². The molecule has 0 aliphatic heterocycles. The summed E-state index contributed by atoms with van der Waals surface area (Å²) in [6.45, 7) is 1.57. The maximum absolute atomic E-state index is 13.7. The van der Waals surface area contributed by atoms with Crippen molar-refractivity contribution in [3.63, 3.8) is 0 Å². The zero-order valence-electron chi connectivity index (χ0n) is 20.9. The molecule has 3 aliphatic rings. The number of anilines is 2. The third-order valence-corrected chi connectivity index (χ3v) is 8.21. The second-order valence-corrected chi connectivity index (χ2v) is 10.3. The van der Waals surface area contributed by atoms with Gasteiger partial charge in [0.1, 0.15) is 11.6 Å². The van der Waals surface area contributed by atoms with Crippen LogP contribution in [0.1, 0.15) is 35.2 Å². The molecule has 0 radical (unpaired) electrons. The maximum Gasteiger partial charge on any atom is 0.323 e. The number of nitrogens with one attached hydrogen (secondary N) is 2. The number of primary amides is 1. The summed E-state index contributed by atoms with van der Waals surface area (Å²) in [5.41, 5.74) is 2.03. The number of phenols is 1. The van der Waals surface area contributed by atoms with E-state index in [9.17, 15) is 48.5 Å². The van der Waals surface area contributed by atoms with Gasteiger partial charge in [-0.1, -0.05) is 13.0 Å². The number of phenolic OH excluding ortho intramolecular Hbond substituents is 1. The highest BCUT2D eigenvalue weighted by atomic mass is 19.1. The lowest BCUT2D eigenvalue weighted by molar-refractivity contribution is -0.189. The molecule has 7 atom stereocenters. The van der Waals surface area contributed by atoms with E-state index in [1.165, 1.54) is 24.3 Å². The van der Waals surface area contributed by atoms with Crippen molar-refractivity contribution in [2.75, 3.05) is 10.6 Å². The Morgan fingerprint density at radius 1 is 1.02 bits per heavy atom.